The van der Waals surface area contributed by atoms with Gasteiger partial charge in [0.25, 0.3) is 0 Å². The second-order valence-corrected chi connectivity index (χ2v) is 8.75. The Morgan fingerprint density at radius 2 is 1.89 bits per heavy atom. The van der Waals surface area contributed by atoms with Gasteiger partial charge in [-0.25, -0.2) is 0 Å². The summed E-state index contributed by atoms with van der Waals surface area (Å²) in [4.78, 5) is 11.9. The Bertz CT molecular complexity index is 383. The molecule has 1 aliphatic heterocycles. The Hall–Kier alpha value is -0.570. The number of hydrogen-bond donors (Lipinski definition) is 2. The van der Waals surface area contributed by atoms with Gasteiger partial charge in [-0.2, -0.15) is 0 Å². The second-order valence-electron chi connectivity index (χ2n) is 8.75. The summed E-state index contributed by atoms with van der Waals surface area (Å²) in [6, 6.07) is 0. The van der Waals surface area contributed by atoms with Crippen LogP contribution < -0.4 is 5.32 Å². The molecule has 1 amide bonds. The molecule has 2 fully saturated rings. The number of amides is 1. The van der Waals surface area contributed by atoms with Gasteiger partial charge < -0.3 is 10.4 Å². The van der Waals surface area contributed by atoms with Crippen molar-refractivity contribution in [2.45, 2.75) is 67.0 Å². The molecular weight excluding hydrogens is 238 g/mol. The van der Waals surface area contributed by atoms with Crippen LogP contribution in [0.5, 0.6) is 0 Å². The first-order valence-corrected chi connectivity index (χ1v) is 7.44. The molecular formula is C16H29NO2. The van der Waals surface area contributed by atoms with Gasteiger partial charge in [-0.3, -0.25) is 4.79 Å². The molecule has 4 unspecified atom stereocenters. The Morgan fingerprint density at radius 1 is 1.32 bits per heavy atom. The average Bonchev–Trinajstić information content (AvgIpc) is 2.72. The smallest absolute Gasteiger partial charge is 0.225 e. The highest BCUT2D eigenvalue weighted by Crippen LogP contribution is 2.65. The first-order chi connectivity index (χ1) is 8.46. The van der Waals surface area contributed by atoms with Gasteiger partial charge in [-0.1, -0.05) is 41.5 Å². The molecule has 1 saturated heterocycles. The summed E-state index contributed by atoms with van der Waals surface area (Å²) < 4.78 is 0. The maximum absolute atomic E-state index is 11.9. The third-order valence-electron chi connectivity index (χ3n) is 5.28. The molecule has 1 aliphatic carbocycles. The standard InChI is InChI=1S/C16H29NO2/c1-14(2,3)11-8-16(11,6)9-15(4,5)10-7-12(18)17-13(10)19/h10-12,18H,7-9H2,1-6H3,(H,17,19). The second kappa shape index (κ2) is 4.21. The molecule has 0 aromatic rings. The van der Waals surface area contributed by atoms with E-state index in [2.05, 4.69) is 46.9 Å². The van der Waals surface area contributed by atoms with Crippen molar-refractivity contribution in [3.63, 3.8) is 0 Å². The van der Waals surface area contributed by atoms with E-state index in [1.54, 1.807) is 0 Å². The Labute approximate surface area is 117 Å². The van der Waals surface area contributed by atoms with Crippen LogP contribution in [0.25, 0.3) is 0 Å². The van der Waals surface area contributed by atoms with E-state index in [4.69, 9.17) is 0 Å². The molecule has 19 heavy (non-hydrogen) atoms. The van der Waals surface area contributed by atoms with E-state index in [1.807, 2.05) is 0 Å². The molecule has 110 valence electrons. The van der Waals surface area contributed by atoms with Gasteiger partial charge in [0.15, 0.2) is 0 Å². The van der Waals surface area contributed by atoms with Crippen LogP contribution in [0.4, 0.5) is 0 Å². The van der Waals surface area contributed by atoms with E-state index < -0.39 is 6.23 Å². The minimum absolute atomic E-state index is 0.0223. The molecule has 2 N–H and O–H groups in total. The highest BCUT2D eigenvalue weighted by molar-refractivity contribution is 5.81. The lowest BCUT2D eigenvalue weighted by molar-refractivity contribution is -0.126. The molecule has 2 aliphatic rings. The third kappa shape index (κ3) is 2.81. The van der Waals surface area contributed by atoms with E-state index >= 15 is 0 Å². The largest absolute Gasteiger partial charge is 0.374 e. The zero-order chi connectivity index (χ0) is 14.6. The van der Waals surface area contributed by atoms with Crippen LogP contribution >= 0.6 is 0 Å². The summed E-state index contributed by atoms with van der Waals surface area (Å²) in [6.45, 7) is 13.6. The van der Waals surface area contributed by atoms with Crippen molar-refractivity contribution in [3.05, 3.63) is 0 Å². The number of aliphatic hydroxyl groups excluding tert-OH is 1. The monoisotopic (exact) mass is 267 g/mol. The number of aliphatic hydroxyl groups is 1. The first kappa shape index (κ1) is 14.8. The zero-order valence-electron chi connectivity index (χ0n) is 13.2. The third-order valence-corrected chi connectivity index (χ3v) is 5.28. The Kier molecular flexibility index (Phi) is 3.29. The summed E-state index contributed by atoms with van der Waals surface area (Å²) in [5, 5.41) is 12.2. The molecule has 0 aromatic carbocycles. The Balaban J connectivity index is 2.05. The number of carbonyl (C=O) groups is 1. The first-order valence-electron chi connectivity index (χ1n) is 7.44. The summed E-state index contributed by atoms with van der Waals surface area (Å²) in [6.07, 6.45) is 2.23. The molecule has 1 heterocycles. The lowest BCUT2D eigenvalue weighted by Gasteiger charge is -2.34. The predicted molar refractivity (Wildman–Crippen MR) is 76.3 cm³/mol. The van der Waals surface area contributed by atoms with Gasteiger partial charge in [-0.15, -0.1) is 0 Å². The molecule has 0 radical (unpaired) electrons. The van der Waals surface area contributed by atoms with Crippen molar-refractivity contribution >= 4 is 5.91 Å². The SMILES string of the molecule is CC(C)(C)C1CC1(C)CC(C)(C)C1CC(O)NC1=O. The van der Waals surface area contributed by atoms with Crippen LogP contribution in [-0.4, -0.2) is 17.2 Å². The van der Waals surface area contributed by atoms with E-state index in [9.17, 15) is 9.90 Å². The average molecular weight is 267 g/mol. The lowest BCUT2D eigenvalue weighted by atomic mass is 9.69. The molecule has 3 nitrogen and oxygen atoms in total. The normalized spacial score (nSPS) is 39.3. The van der Waals surface area contributed by atoms with Crippen molar-refractivity contribution < 1.29 is 9.90 Å². The number of nitrogens with one attached hydrogen (secondary N) is 1. The molecule has 1 saturated carbocycles. The van der Waals surface area contributed by atoms with Crippen molar-refractivity contribution in [1.82, 2.24) is 5.32 Å². The van der Waals surface area contributed by atoms with Gasteiger partial charge in [0, 0.05) is 12.3 Å². The van der Waals surface area contributed by atoms with Crippen LogP contribution in [0.3, 0.4) is 0 Å². The minimum atomic E-state index is -0.651. The number of hydrogen-bond acceptors (Lipinski definition) is 2. The summed E-state index contributed by atoms with van der Waals surface area (Å²) in [5.41, 5.74) is 0.661. The molecule has 0 aromatic heterocycles. The number of rotatable bonds is 3. The maximum Gasteiger partial charge on any atom is 0.225 e. The van der Waals surface area contributed by atoms with E-state index in [0.717, 1.165) is 12.3 Å². The molecule has 4 atom stereocenters. The molecule has 0 spiro atoms. The highest BCUT2D eigenvalue weighted by atomic mass is 16.3. The van der Waals surface area contributed by atoms with Crippen molar-refractivity contribution in [2.24, 2.45) is 28.1 Å². The Morgan fingerprint density at radius 3 is 2.26 bits per heavy atom. The summed E-state index contributed by atoms with van der Waals surface area (Å²) >= 11 is 0. The summed E-state index contributed by atoms with van der Waals surface area (Å²) in [7, 11) is 0. The van der Waals surface area contributed by atoms with E-state index in [-0.39, 0.29) is 17.2 Å². The fourth-order valence-electron chi connectivity index (χ4n) is 4.45. The van der Waals surface area contributed by atoms with Crippen molar-refractivity contribution in [2.75, 3.05) is 0 Å². The fourth-order valence-corrected chi connectivity index (χ4v) is 4.45. The summed E-state index contributed by atoms with van der Waals surface area (Å²) in [5.74, 6) is 0.711. The van der Waals surface area contributed by atoms with Crippen LogP contribution in [0.1, 0.15) is 60.8 Å². The molecule has 2 rings (SSSR count). The minimum Gasteiger partial charge on any atom is -0.374 e. The van der Waals surface area contributed by atoms with Gasteiger partial charge in [0.1, 0.15) is 6.23 Å². The van der Waals surface area contributed by atoms with Crippen LogP contribution in [0.2, 0.25) is 0 Å². The molecule has 3 heteroatoms. The van der Waals surface area contributed by atoms with E-state index in [1.165, 1.54) is 6.42 Å². The van der Waals surface area contributed by atoms with Gasteiger partial charge >= 0.3 is 0 Å². The van der Waals surface area contributed by atoms with Crippen LogP contribution in [0, 0.1) is 28.1 Å². The van der Waals surface area contributed by atoms with Crippen molar-refractivity contribution in [1.29, 1.82) is 0 Å². The molecule has 0 bridgehead atoms. The predicted octanol–water partition coefficient (Wildman–Crippen LogP) is 2.93. The fraction of sp³-hybridized carbons (Fsp3) is 0.938. The van der Waals surface area contributed by atoms with Crippen LogP contribution in [-0.2, 0) is 4.79 Å². The van der Waals surface area contributed by atoms with Gasteiger partial charge in [0.2, 0.25) is 5.91 Å². The quantitative estimate of drug-likeness (QED) is 0.826. The van der Waals surface area contributed by atoms with Crippen molar-refractivity contribution in [3.8, 4) is 0 Å². The van der Waals surface area contributed by atoms with Gasteiger partial charge in [0.05, 0.1) is 0 Å². The lowest BCUT2D eigenvalue weighted by Crippen LogP contribution is -2.34. The topological polar surface area (TPSA) is 49.3 Å². The maximum atomic E-state index is 11.9. The van der Waals surface area contributed by atoms with Crippen LogP contribution in [0.15, 0.2) is 0 Å². The van der Waals surface area contributed by atoms with E-state index in [0.29, 0.717) is 17.3 Å². The zero-order valence-corrected chi connectivity index (χ0v) is 13.2. The number of carbonyl (C=O) groups excluding carboxylic acids is 1. The highest BCUT2D eigenvalue weighted by Gasteiger charge is 2.58. The van der Waals surface area contributed by atoms with Gasteiger partial charge in [-0.05, 0) is 35.0 Å².